The second kappa shape index (κ2) is 8.87. The molecule has 1 heterocycles. The average Bonchev–Trinajstić information content (AvgIpc) is 2.92. The Labute approximate surface area is 146 Å². The number of hydrogen-bond acceptors (Lipinski definition) is 3. The highest BCUT2D eigenvalue weighted by Crippen LogP contribution is 2.22. The van der Waals surface area contributed by atoms with Crippen LogP contribution in [0.3, 0.4) is 0 Å². The molecule has 0 aliphatic carbocycles. The molecule has 0 atom stereocenters. The van der Waals surface area contributed by atoms with Crippen LogP contribution in [0.4, 0.5) is 0 Å². The zero-order valence-electron chi connectivity index (χ0n) is 13.2. The van der Waals surface area contributed by atoms with Crippen LogP contribution in [0.5, 0.6) is 0 Å². The highest BCUT2D eigenvalue weighted by atomic mass is 35.5. The first-order chi connectivity index (χ1) is 11.1. The minimum atomic E-state index is 0.0118. The number of rotatable bonds is 8. The molecule has 1 aromatic carbocycles. The predicted octanol–water partition coefficient (Wildman–Crippen LogP) is 4.01. The smallest absolute Gasteiger partial charge is 0.234 e. The lowest BCUT2D eigenvalue weighted by Crippen LogP contribution is -2.36. The van der Waals surface area contributed by atoms with E-state index in [0.717, 1.165) is 14.8 Å². The van der Waals surface area contributed by atoms with Crippen molar-refractivity contribution in [3.05, 3.63) is 69.4 Å². The number of aryl methyl sites for hydroxylation is 1. The van der Waals surface area contributed by atoms with E-state index < -0.39 is 0 Å². The lowest BCUT2D eigenvalue weighted by atomic mass is 10.1. The molecule has 0 unspecified atom stereocenters. The van der Waals surface area contributed by atoms with Gasteiger partial charge in [0, 0.05) is 24.5 Å². The van der Waals surface area contributed by atoms with Gasteiger partial charge in [0.2, 0.25) is 5.91 Å². The summed E-state index contributed by atoms with van der Waals surface area (Å²) in [6.45, 7) is 8.06. The highest BCUT2D eigenvalue weighted by molar-refractivity contribution is 7.16. The number of nitrogens with zero attached hydrogens (tertiary/aromatic N) is 1. The van der Waals surface area contributed by atoms with Crippen molar-refractivity contribution in [1.82, 2.24) is 10.2 Å². The standard InChI is InChI=1S/C18H21ClN2OS/c1-3-10-21(12-16-8-9-17(19)23-16)13-18(22)20-11-15-7-5-4-6-14(15)2/h3-9H,1,10-13H2,2H3,(H,20,22). The topological polar surface area (TPSA) is 32.3 Å². The van der Waals surface area contributed by atoms with Crippen molar-refractivity contribution >= 4 is 28.8 Å². The van der Waals surface area contributed by atoms with Gasteiger partial charge in [-0.25, -0.2) is 0 Å². The van der Waals surface area contributed by atoms with Gasteiger partial charge in [0.25, 0.3) is 0 Å². The minimum Gasteiger partial charge on any atom is -0.351 e. The number of halogens is 1. The fourth-order valence-electron chi connectivity index (χ4n) is 2.29. The van der Waals surface area contributed by atoms with Gasteiger partial charge < -0.3 is 5.32 Å². The van der Waals surface area contributed by atoms with Crippen LogP contribution in [-0.4, -0.2) is 23.9 Å². The van der Waals surface area contributed by atoms with Crippen molar-refractivity contribution in [1.29, 1.82) is 0 Å². The van der Waals surface area contributed by atoms with Gasteiger partial charge in [-0.2, -0.15) is 0 Å². The van der Waals surface area contributed by atoms with Crippen molar-refractivity contribution in [3.8, 4) is 0 Å². The highest BCUT2D eigenvalue weighted by Gasteiger charge is 2.11. The Bertz CT molecular complexity index is 669. The molecule has 1 aromatic heterocycles. The first-order valence-corrected chi connectivity index (χ1v) is 8.66. The second-order valence-electron chi connectivity index (χ2n) is 5.37. The molecule has 0 radical (unpaired) electrons. The largest absolute Gasteiger partial charge is 0.351 e. The number of amides is 1. The molecular formula is C18H21ClN2OS. The van der Waals surface area contributed by atoms with E-state index >= 15 is 0 Å². The summed E-state index contributed by atoms with van der Waals surface area (Å²) in [7, 11) is 0. The van der Waals surface area contributed by atoms with Gasteiger partial charge in [0.15, 0.2) is 0 Å². The fourth-order valence-corrected chi connectivity index (χ4v) is 3.42. The summed E-state index contributed by atoms with van der Waals surface area (Å²) in [6.07, 6.45) is 1.81. The van der Waals surface area contributed by atoms with Gasteiger partial charge in [-0.05, 0) is 30.2 Å². The monoisotopic (exact) mass is 348 g/mol. The number of thiophene rings is 1. The Balaban J connectivity index is 1.87. The minimum absolute atomic E-state index is 0.0118. The van der Waals surface area contributed by atoms with Crippen LogP contribution < -0.4 is 5.32 Å². The maximum Gasteiger partial charge on any atom is 0.234 e. The van der Waals surface area contributed by atoms with Gasteiger partial charge >= 0.3 is 0 Å². The van der Waals surface area contributed by atoms with E-state index in [1.807, 2.05) is 54.3 Å². The SMILES string of the molecule is C=CCN(CC(=O)NCc1ccccc1C)Cc1ccc(Cl)s1. The summed E-state index contributed by atoms with van der Waals surface area (Å²) in [5, 5.41) is 2.98. The molecule has 0 saturated heterocycles. The summed E-state index contributed by atoms with van der Waals surface area (Å²) in [6, 6.07) is 11.9. The molecule has 0 bridgehead atoms. The zero-order chi connectivity index (χ0) is 16.7. The number of nitrogens with one attached hydrogen (secondary N) is 1. The van der Waals surface area contributed by atoms with Gasteiger partial charge in [-0.15, -0.1) is 17.9 Å². The molecule has 1 amide bonds. The lowest BCUT2D eigenvalue weighted by molar-refractivity contribution is -0.122. The lowest BCUT2D eigenvalue weighted by Gasteiger charge is -2.19. The molecule has 0 aliphatic heterocycles. The molecule has 2 aromatic rings. The third-order valence-corrected chi connectivity index (χ3v) is 4.72. The third kappa shape index (κ3) is 5.82. The molecule has 0 saturated carbocycles. The quantitative estimate of drug-likeness (QED) is 0.731. The number of carbonyl (C=O) groups excluding carboxylic acids is 1. The Morgan fingerprint density at radius 2 is 2.13 bits per heavy atom. The Morgan fingerprint density at radius 1 is 1.35 bits per heavy atom. The number of hydrogen-bond donors (Lipinski definition) is 1. The maximum atomic E-state index is 12.2. The average molecular weight is 349 g/mol. The first kappa shape index (κ1) is 17.7. The fraction of sp³-hybridized carbons (Fsp3) is 0.278. The molecule has 0 spiro atoms. The third-order valence-electron chi connectivity index (χ3n) is 3.50. The van der Waals surface area contributed by atoms with E-state index in [1.165, 1.54) is 16.9 Å². The van der Waals surface area contributed by atoms with Crippen LogP contribution in [-0.2, 0) is 17.9 Å². The molecule has 0 aliphatic rings. The first-order valence-electron chi connectivity index (χ1n) is 7.47. The normalized spacial score (nSPS) is 10.7. The van der Waals surface area contributed by atoms with Crippen LogP contribution in [0.1, 0.15) is 16.0 Å². The maximum absolute atomic E-state index is 12.2. The number of carbonyl (C=O) groups is 1. The summed E-state index contributed by atoms with van der Waals surface area (Å²) >= 11 is 7.50. The van der Waals surface area contributed by atoms with Crippen LogP contribution in [0.15, 0.2) is 49.1 Å². The van der Waals surface area contributed by atoms with Crippen molar-refractivity contribution in [2.24, 2.45) is 0 Å². The summed E-state index contributed by atoms with van der Waals surface area (Å²) in [5.74, 6) is 0.0118. The van der Waals surface area contributed by atoms with Crippen molar-refractivity contribution in [2.45, 2.75) is 20.0 Å². The van der Waals surface area contributed by atoms with Crippen LogP contribution in [0.25, 0.3) is 0 Å². The summed E-state index contributed by atoms with van der Waals surface area (Å²) < 4.78 is 0.766. The van der Waals surface area contributed by atoms with Crippen LogP contribution in [0.2, 0.25) is 4.34 Å². The van der Waals surface area contributed by atoms with E-state index in [1.54, 1.807) is 0 Å². The number of benzene rings is 1. The van der Waals surface area contributed by atoms with Crippen LogP contribution >= 0.6 is 22.9 Å². The van der Waals surface area contributed by atoms with Gasteiger partial charge in [-0.1, -0.05) is 41.9 Å². The Morgan fingerprint density at radius 3 is 2.78 bits per heavy atom. The van der Waals surface area contributed by atoms with Gasteiger partial charge in [0.1, 0.15) is 0 Å². The van der Waals surface area contributed by atoms with Gasteiger partial charge in [0.05, 0.1) is 10.9 Å². The van der Waals surface area contributed by atoms with E-state index in [-0.39, 0.29) is 5.91 Å². The molecule has 3 nitrogen and oxygen atoms in total. The molecule has 0 fully saturated rings. The van der Waals surface area contributed by atoms with E-state index in [0.29, 0.717) is 26.2 Å². The van der Waals surface area contributed by atoms with Crippen molar-refractivity contribution in [2.75, 3.05) is 13.1 Å². The second-order valence-corrected chi connectivity index (χ2v) is 7.17. The molecule has 23 heavy (non-hydrogen) atoms. The van der Waals surface area contributed by atoms with E-state index in [2.05, 4.69) is 11.9 Å². The van der Waals surface area contributed by atoms with Crippen molar-refractivity contribution < 1.29 is 4.79 Å². The molecule has 2 rings (SSSR count). The Hall–Kier alpha value is -1.62. The molecular weight excluding hydrogens is 328 g/mol. The summed E-state index contributed by atoms with van der Waals surface area (Å²) in [5.41, 5.74) is 2.32. The molecule has 122 valence electrons. The zero-order valence-corrected chi connectivity index (χ0v) is 14.8. The molecule has 1 N–H and O–H groups in total. The molecule has 5 heteroatoms. The van der Waals surface area contributed by atoms with Crippen LogP contribution in [0, 0.1) is 6.92 Å². The summed E-state index contributed by atoms with van der Waals surface area (Å²) in [4.78, 5) is 15.4. The van der Waals surface area contributed by atoms with Gasteiger partial charge in [-0.3, -0.25) is 9.69 Å². The predicted molar refractivity (Wildman–Crippen MR) is 97.8 cm³/mol. The van der Waals surface area contributed by atoms with Crippen molar-refractivity contribution in [3.63, 3.8) is 0 Å². The van der Waals surface area contributed by atoms with E-state index in [9.17, 15) is 4.79 Å². The van der Waals surface area contributed by atoms with E-state index in [4.69, 9.17) is 11.6 Å². The Kier molecular flexibility index (Phi) is 6.84.